The number of hydrogen-bond acceptors (Lipinski definition) is 7. The van der Waals surface area contributed by atoms with Gasteiger partial charge in [-0.3, -0.25) is 9.59 Å². The molecule has 0 unspecified atom stereocenters. The molecule has 0 aliphatic carbocycles. The van der Waals surface area contributed by atoms with Crippen molar-refractivity contribution in [2.75, 3.05) is 25.2 Å². The Balaban J connectivity index is 1.75. The van der Waals surface area contributed by atoms with E-state index in [1.54, 1.807) is 12.3 Å². The van der Waals surface area contributed by atoms with E-state index in [4.69, 9.17) is 0 Å². The standard InChI is InChI=1S/C20H22N4O5S/c1-30(28,29)13-21-8-9-22-19(26)17-18(25)15-7-10-24(20(27)16(15)11-23-17)12-14-5-3-2-4-6-14/h2-7,10-11,21,25H,8-9,12-13H2,1H3,(H,22,26). The molecule has 2 heterocycles. The third-order valence-electron chi connectivity index (χ3n) is 4.37. The Morgan fingerprint density at radius 1 is 1.13 bits per heavy atom. The third-order valence-corrected chi connectivity index (χ3v) is 5.10. The first-order valence-corrected chi connectivity index (χ1v) is 11.2. The Labute approximate surface area is 173 Å². The Morgan fingerprint density at radius 3 is 2.57 bits per heavy atom. The molecule has 0 radical (unpaired) electrons. The number of aromatic nitrogens is 2. The SMILES string of the molecule is CS(=O)(=O)CNCCNC(=O)c1ncc2c(=O)n(Cc3ccccc3)ccc2c1O. The van der Waals surface area contributed by atoms with Gasteiger partial charge in [0, 0.05) is 37.1 Å². The van der Waals surface area contributed by atoms with Gasteiger partial charge in [-0.1, -0.05) is 30.3 Å². The summed E-state index contributed by atoms with van der Waals surface area (Å²) in [5.41, 5.74) is 0.429. The zero-order valence-corrected chi connectivity index (χ0v) is 17.1. The van der Waals surface area contributed by atoms with Gasteiger partial charge in [-0.15, -0.1) is 0 Å². The van der Waals surface area contributed by atoms with Crippen LogP contribution in [0.3, 0.4) is 0 Å². The highest BCUT2D eigenvalue weighted by molar-refractivity contribution is 7.90. The van der Waals surface area contributed by atoms with Crippen LogP contribution >= 0.6 is 0 Å². The lowest BCUT2D eigenvalue weighted by Gasteiger charge is -2.11. The van der Waals surface area contributed by atoms with Crippen LogP contribution in [0.5, 0.6) is 5.75 Å². The minimum Gasteiger partial charge on any atom is -0.505 e. The zero-order valence-electron chi connectivity index (χ0n) is 16.3. The van der Waals surface area contributed by atoms with Crippen molar-refractivity contribution in [3.8, 4) is 5.75 Å². The van der Waals surface area contributed by atoms with Crippen molar-refractivity contribution in [2.24, 2.45) is 0 Å². The van der Waals surface area contributed by atoms with E-state index in [0.717, 1.165) is 11.8 Å². The number of carbonyl (C=O) groups excluding carboxylic acids is 1. The van der Waals surface area contributed by atoms with Crippen LogP contribution in [0, 0.1) is 0 Å². The number of rotatable bonds is 8. The molecular weight excluding hydrogens is 408 g/mol. The Bertz CT molecular complexity index is 1220. The molecule has 158 valence electrons. The van der Waals surface area contributed by atoms with Crippen molar-refractivity contribution in [1.29, 1.82) is 0 Å². The van der Waals surface area contributed by atoms with Crippen LogP contribution in [-0.4, -0.2) is 54.2 Å². The summed E-state index contributed by atoms with van der Waals surface area (Å²) in [5, 5.41) is 16.1. The first-order valence-electron chi connectivity index (χ1n) is 9.18. The largest absolute Gasteiger partial charge is 0.505 e. The van der Waals surface area contributed by atoms with Crippen molar-refractivity contribution in [3.05, 3.63) is 70.4 Å². The molecule has 0 saturated carbocycles. The summed E-state index contributed by atoms with van der Waals surface area (Å²) in [6.07, 6.45) is 3.94. The topological polar surface area (TPSA) is 130 Å². The molecule has 1 amide bonds. The summed E-state index contributed by atoms with van der Waals surface area (Å²) in [6, 6.07) is 11.0. The van der Waals surface area contributed by atoms with Crippen LogP contribution in [0.2, 0.25) is 0 Å². The second kappa shape index (κ2) is 9.06. The lowest BCUT2D eigenvalue weighted by atomic mass is 10.1. The van der Waals surface area contributed by atoms with E-state index in [9.17, 15) is 23.1 Å². The molecule has 10 heteroatoms. The van der Waals surface area contributed by atoms with Gasteiger partial charge in [-0.05, 0) is 11.6 Å². The van der Waals surface area contributed by atoms with Gasteiger partial charge in [0.05, 0.1) is 17.8 Å². The Kier molecular flexibility index (Phi) is 6.48. The van der Waals surface area contributed by atoms with Crippen LogP contribution in [0.15, 0.2) is 53.6 Å². The molecule has 3 N–H and O–H groups in total. The number of sulfone groups is 1. The number of nitrogens with zero attached hydrogens (tertiary/aromatic N) is 2. The van der Waals surface area contributed by atoms with E-state index in [2.05, 4.69) is 15.6 Å². The molecule has 0 atom stereocenters. The Hall–Kier alpha value is -3.24. The van der Waals surface area contributed by atoms with Gasteiger partial charge in [0.15, 0.2) is 21.3 Å². The number of hydrogen-bond donors (Lipinski definition) is 3. The highest BCUT2D eigenvalue weighted by Gasteiger charge is 2.17. The fourth-order valence-electron chi connectivity index (χ4n) is 2.92. The van der Waals surface area contributed by atoms with E-state index in [-0.39, 0.29) is 46.7 Å². The van der Waals surface area contributed by atoms with Crippen molar-refractivity contribution in [2.45, 2.75) is 6.54 Å². The summed E-state index contributed by atoms with van der Waals surface area (Å²) in [5.74, 6) is -1.19. The number of pyridine rings is 2. The van der Waals surface area contributed by atoms with Crippen LogP contribution < -0.4 is 16.2 Å². The zero-order chi connectivity index (χ0) is 21.7. The summed E-state index contributed by atoms with van der Waals surface area (Å²) in [4.78, 5) is 29.0. The highest BCUT2D eigenvalue weighted by Crippen LogP contribution is 2.24. The minimum atomic E-state index is -3.14. The van der Waals surface area contributed by atoms with Gasteiger partial charge in [-0.2, -0.15) is 0 Å². The number of benzene rings is 1. The molecule has 0 aliphatic heterocycles. The molecule has 0 saturated heterocycles. The summed E-state index contributed by atoms with van der Waals surface area (Å²) >= 11 is 0. The van der Waals surface area contributed by atoms with Crippen LogP contribution in [0.1, 0.15) is 16.1 Å². The number of nitrogens with one attached hydrogen (secondary N) is 2. The van der Waals surface area contributed by atoms with Crippen molar-refractivity contribution in [3.63, 3.8) is 0 Å². The minimum absolute atomic E-state index is 0.145. The lowest BCUT2D eigenvalue weighted by Crippen LogP contribution is -2.34. The maximum Gasteiger partial charge on any atom is 0.273 e. The second-order valence-corrected chi connectivity index (χ2v) is 8.98. The fraction of sp³-hybridized carbons (Fsp3) is 0.250. The maximum absolute atomic E-state index is 12.7. The number of aromatic hydroxyl groups is 1. The molecule has 1 aromatic carbocycles. The average Bonchev–Trinajstić information content (AvgIpc) is 2.70. The summed E-state index contributed by atoms with van der Waals surface area (Å²) in [7, 11) is -3.14. The van der Waals surface area contributed by atoms with Gasteiger partial charge in [0.25, 0.3) is 11.5 Å². The lowest BCUT2D eigenvalue weighted by molar-refractivity contribution is 0.0946. The molecule has 0 aliphatic rings. The van der Waals surface area contributed by atoms with E-state index < -0.39 is 15.7 Å². The van der Waals surface area contributed by atoms with Crippen molar-refractivity contribution >= 4 is 26.5 Å². The Morgan fingerprint density at radius 2 is 1.87 bits per heavy atom. The van der Waals surface area contributed by atoms with Gasteiger partial charge in [-0.25, -0.2) is 13.4 Å². The third kappa shape index (κ3) is 5.22. The van der Waals surface area contributed by atoms with Crippen LogP contribution in [0.25, 0.3) is 10.8 Å². The number of fused-ring (bicyclic) bond motifs is 1. The van der Waals surface area contributed by atoms with Crippen LogP contribution in [-0.2, 0) is 16.4 Å². The highest BCUT2D eigenvalue weighted by atomic mass is 32.2. The molecule has 0 bridgehead atoms. The monoisotopic (exact) mass is 430 g/mol. The predicted molar refractivity (Wildman–Crippen MR) is 113 cm³/mol. The summed E-state index contributed by atoms with van der Waals surface area (Å²) < 4.78 is 23.6. The first kappa shape index (κ1) is 21.5. The molecule has 9 nitrogen and oxygen atoms in total. The fourth-order valence-corrected chi connectivity index (χ4v) is 3.43. The molecule has 0 spiro atoms. The summed E-state index contributed by atoms with van der Waals surface area (Å²) in [6.45, 7) is 0.753. The molecule has 2 aromatic heterocycles. The predicted octanol–water partition coefficient (Wildman–Crippen LogP) is 0.472. The van der Waals surface area contributed by atoms with E-state index in [1.807, 2.05) is 30.3 Å². The van der Waals surface area contributed by atoms with E-state index in [0.29, 0.717) is 6.54 Å². The smallest absolute Gasteiger partial charge is 0.273 e. The van der Waals surface area contributed by atoms with Gasteiger partial charge < -0.3 is 20.3 Å². The van der Waals surface area contributed by atoms with E-state index in [1.165, 1.54) is 10.8 Å². The molecule has 3 aromatic rings. The average molecular weight is 430 g/mol. The maximum atomic E-state index is 12.7. The van der Waals surface area contributed by atoms with Crippen LogP contribution in [0.4, 0.5) is 0 Å². The second-order valence-electron chi connectivity index (χ2n) is 6.84. The molecular formula is C20H22N4O5S. The van der Waals surface area contributed by atoms with Gasteiger partial charge >= 0.3 is 0 Å². The van der Waals surface area contributed by atoms with E-state index >= 15 is 0 Å². The number of amides is 1. The van der Waals surface area contributed by atoms with Gasteiger partial charge in [0.1, 0.15) is 0 Å². The number of carbonyl (C=O) groups is 1. The van der Waals surface area contributed by atoms with Crippen molar-refractivity contribution in [1.82, 2.24) is 20.2 Å². The van der Waals surface area contributed by atoms with Crippen molar-refractivity contribution < 1.29 is 18.3 Å². The normalized spacial score (nSPS) is 11.5. The first-order chi connectivity index (χ1) is 14.3. The molecule has 30 heavy (non-hydrogen) atoms. The molecule has 3 rings (SSSR count). The molecule has 0 fully saturated rings. The van der Waals surface area contributed by atoms with Gasteiger partial charge in [0.2, 0.25) is 0 Å². The quantitative estimate of drug-likeness (QED) is 0.443.